The van der Waals surface area contributed by atoms with Gasteiger partial charge in [-0.1, -0.05) is 19.9 Å². The van der Waals surface area contributed by atoms with Gasteiger partial charge in [-0.15, -0.1) is 0 Å². The first kappa shape index (κ1) is 20.3. The van der Waals surface area contributed by atoms with Crippen LogP contribution in [0.5, 0.6) is 0 Å². The lowest BCUT2D eigenvalue weighted by Gasteiger charge is -2.27. The van der Waals surface area contributed by atoms with E-state index in [-0.39, 0.29) is 25.4 Å². The summed E-state index contributed by atoms with van der Waals surface area (Å²) in [6, 6.07) is 0. The van der Waals surface area contributed by atoms with Crippen LogP contribution in [0.4, 0.5) is 0 Å². The van der Waals surface area contributed by atoms with Gasteiger partial charge in [0.1, 0.15) is 5.78 Å². The largest absolute Gasteiger partial charge is 0.463 e. The van der Waals surface area contributed by atoms with E-state index >= 15 is 0 Å². The lowest BCUT2D eigenvalue weighted by atomic mass is 10.3. The monoisotopic (exact) mass is 321 g/mol. The second-order valence-electron chi connectivity index (χ2n) is 4.33. The average Bonchev–Trinajstić information content (AvgIpc) is 2.43. The van der Waals surface area contributed by atoms with Crippen molar-refractivity contribution in [3.05, 3.63) is 12.2 Å². The molecule has 0 aliphatic heterocycles. The number of unbranched alkanes of at least 4 members (excludes halogenated alkanes) is 1. The normalized spacial score (nSPS) is 13.0. The Morgan fingerprint density at radius 2 is 1.71 bits per heavy atom. The maximum atomic E-state index is 12.9. The highest BCUT2D eigenvalue weighted by atomic mass is 31.2. The summed E-state index contributed by atoms with van der Waals surface area (Å²) in [6.07, 6.45) is 1.85. The fourth-order valence-electron chi connectivity index (χ4n) is 1.72. The number of carbonyl (C=O) groups excluding carboxylic acids is 1. The molecule has 0 aliphatic carbocycles. The number of nitrogens with one attached hydrogen (secondary N) is 1. The van der Waals surface area contributed by atoms with Crippen LogP contribution in [0.15, 0.2) is 12.2 Å². The number of ether oxygens (including phenoxy) is 1. The van der Waals surface area contributed by atoms with Crippen molar-refractivity contribution in [3.8, 4) is 0 Å². The summed E-state index contributed by atoms with van der Waals surface area (Å²) >= 11 is 0. The van der Waals surface area contributed by atoms with E-state index in [0.29, 0.717) is 6.54 Å². The van der Waals surface area contributed by atoms with E-state index in [1.165, 1.54) is 0 Å². The summed E-state index contributed by atoms with van der Waals surface area (Å²) in [5, 5.41) is 3.06. The highest BCUT2D eigenvalue weighted by Gasteiger charge is 2.40. The summed E-state index contributed by atoms with van der Waals surface area (Å²) < 4.78 is 28.4. The molecule has 6 nitrogen and oxygen atoms in total. The van der Waals surface area contributed by atoms with Gasteiger partial charge in [-0.2, -0.15) is 0 Å². The first-order valence-electron chi connectivity index (χ1n) is 7.44. The minimum Gasteiger partial charge on any atom is -0.463 e. The smallest absolute Gasteiger partial charge is 0.352 e. The molecule has 0 amide bonds. The number of hydrogen-bond donors (Lipinski definition) is 1. The second-order valence-corrected chi connectivity index (χ2v) is 6.44. The molecule has 0 aliphatic rings. The van der Waals surface area contributed by atoms with Crippen molar-refractivity contribution in [2.45, 2.75) is 46.3 Å². The van der Waals surface area contributed by atoms with Crippen LogP contribution in [0.3, 0.4) is 0 Å². The van der Waals surface area contributed by atoms with E-state index < -0.39 is 19.3 Å². The van der Waals surface area contributed by atoms with Crippen molar-refractivity contribution in [1.82, 2.24) is 5.32 Å². The third-order valence-corrected chi connectivity index (χ3v) is 5.03. The SMILES string of the molecule is C=C(C(=O)OCC)C(NCCCC)P(=O)(OCC)OCC. The molecule has 1 unspecified atom stereocenters. The van der Waals surface area contributed by atoms with E-state index in [4.69, 9.17) is 13.8 Å². The van der Waals surface area contributed by atoms with Gasteiger partial charge in [-0.3, -0.25) is 9.88 Å². The molecule has 0 spiro atoms. The maximum Gasteiger partial charge on any atom is 0.352 e. The zero-order valence-electron chi connectivity index (χ0n) is 13.5. The molecule has 0 bridgehead atoms. The highest BCUT2D eigenvalue weighted by Crippen LogP contribution is 2.54. The summed E-state index contributed by atoms with van der Waals surface area (Å²) in [5.41, 5.74) is 0.0678. The second kappa shape index (κ2) is 11.0. The standard InChI is InChI=1S/C14H28NO5P/c1-6-10-11-15-13(12(5)14(16)18-7-2)21(17,19-8-3)20-9-4/h13,15H,5-11H2,1-4H3. The van der Waals surface area contributed by atoms with Gasteiger partial charge in [-0.25, -0.2) is 4.79 Å². The summed E-state index contributed by atoms with van der Waals surface area (Å²) in [5.74, 6) is -1.48. The first-order valence-corrected chi connectivity index (χ1v) is 9.05. The molecule has 0 saturated carbocycles. The van der Waals surface area contributed by atoms with E-state index in [1.807, 2.05) is 6.92 Å². The Bertz CT molecular complexity index is 362. The van der Waals surface area contributed by atoms with Crippen LogP contribution >= 0.6 is 7.60 Å². The molecule has 0 rings (SSSR count). The van der Waals surface area contributed by atoms with Crippen molar-refractivity contribution in [3.63, 3.8) is 0 Å². The third-order valence-electron chi connectivity index (χ3n) is 2.67. The lowest BCUT2D eigenvalue weighted by Crippen LogP contribution is -2.36. The van der Waals surface area contributed by atoms with Crippen LogP contribution in [-0.4, -0.2) is 38.1 Å². The van der Waals surface area contributed by atoms with E-state index in [1.54, 1.807) is 20.8 Å². The molecule has 0 fully saturated rings. The number of hydrogen-bond acceptors (Lipinski definition) is 6. The highest BCUT2D eigenvalue weighted by molar-refractivity contribution is 7.55. The maximum absolute atomic E-state index is 12.9. The van der Waals surface area contributed by atoms with Gasteiger partial charge in [-0.05, 0) is 33.7 Å². The Morgan fingerprint density at radius 3 is 2.14 bits per heavy atom. The minimum atomic E-state index is -3.51. The number of rotatable bonds is 12. The molecule has 0 radical (unpaired) electrons. The van der Waals surface area contributed by atoms with Crippen LogP contribution < -0.4 is 5.32 Å². The Hall–Kier alpha value is -0.680. The van der Waals surface area contributed by atoms with Crippen molar-refractivity contribution in [1.29, 1.82) is 0 Å². The molecule has 0 aromatic carbocycles. The van der Waals surface area contributed by atoms with E-state index in [2.05, 4.69) is 11.9 Å². The van der Waals surface area contributed by atoms with Crippen LogP contribution in [0.1, 0.15) is 40.5 Å². The third kappa shape index (κ3) is 6.74. The van der Waals surface area contributed by atoms with Crippen molar-refractivity contribution in [2.75, 3.05) is 26.4 Å². The molecule has 124 valence electrons. The Balaban J connectivity index is 5.20. The molecule has 0 aromatic heterocycles. The van der Waals surface area contributed by atoms with Gasteiger partial charge in [0.05, 0.1) is 25.4 Å². The predicted molar refractivity (Wildman–Crippen MR) is 83.3 cm³/mol. The molecule has 1 atom stereocenters. The van der Waals surface area contributed by atoms with Crippen LogP contribution in [-0.2, 0) is 23.1 Å². The minimum absolute atomic E-state index is 0.0678. The van der Waals surface area contributed by atoms with Gasteiger partial charge in [0.25, 0.3) is 0 Å². The fraction of sp³-hybridized carbons (Fsp3) is 0.786. The van der Waals surface area contributed by atoms with Gasteiger partial charge < -0.3 is 13.8 Å². The molecule has 1 N–H and O–H groups in total. The Kier molecular flexibility index (Phi) is 10.6. The van der Waals surface area contributed by atoms with Crippen molar-refractivity contribution < 1.29 is 23.1 Å². The number of carbonyl (C=O) groups is 1. The molecular weight excluding hydrogens is 293 g/mol. The summed E-state index contributed by atoms with van der Waals surface area (Å²) in [4.78, 5) is 11.9. The Labute approximate surface area is 127 Å². The zero-order valence-corrected chi connectivity index (χ0v) is 14.4. The number of esters is 1. The predicted octanol–water partition coefficient (Wildman–Crippen LogP) is 3.09. The molecule has 0 saturated heterocycles. The molecule has 21 heavy (non-hydrogen) atoms. The topological polar surface area (TPSA) is 73.9 Å². The van der Waals surface area contributed by atoms with Crippen LogP contribution in [0.2, 0.25) is 0 Å². The average molecular weight is 321 g/mol. The van der Waals surface area contributed by atoms with Gasteiger partial charge in [0.2, 0.25) is 0 Å². The molecule has 0 heterocycles. The summed E-state index contributed by atoms with van der Waals surface area (Å²) in [6.45, 7) is 12.2. The van der Waals surface area contributed by atoms with E-state index in [9.17, 15) is 9.36 Å². The van der Waals surface area contributed by atoms with Crippen LogP contribution in [0.25, 0.3) is 0 Å². The first-order chi connectivity index (χ1) is 9.96. The van der Waals surface area contributed by atoms with Gasteiger partial charge in [0, 0.05) is 0 Å². The molecular formula is C14H28NO5P. The lowest BCUT2D eigenvalue weighted by molar-refractivity contribution is -0.138. The van der Waals surface area contributed by atoms with Gasteiger partial charge in [0.15, 0.2) is 0 Å². The summed E-state index contributed by atoms with van der Waals surface area (Å²) in [7, 11) is -3.51. The zero-order chi connectivity index (χ0) is 16.3. The van der Waals surface area contributed by atoms with Crippen LogP contribution in [0, 0.1) is 0 Å². The molecule has 7 heteroatoms. The quantitative estimate of drug-likeness (QED) is 0.258. The Morgan fingerprint density at radius 1 is 1.14 bits per heavy atom. The fourth-order valence-corrected chi connectivity index (χ4v) is 3.66. The van der Waals surface area contributed by atoms with Gasteiger partial charge >= 0.3 is 13.6 Å². The van der Waals surface area contributed by atoms with Crippen molar-refractivity contribution >= 4 is 13.6 Å². The molecule has 0 aromatic rings. The van der Waals surface area contributed by atoms with E-state index in [0.717, 1.165) is 12.8 Å². The van der Waals surface area contributed by atoms with Crippen molar-refractivity contribution in [2.24, 2.45) is 0 Å².